The summed E-state index contributed by atoms with van der Waals surface area (Å²) in [5.41, 5.74) is 1.76. The Bertz CT molecular complexity index is 657. The summed E-state index contributed by atoms with van der Waals surface area (Å²) in [6.45, 7) is 0. The van der Waals surface area contributed by atoms with Crippen molar-refractivity contribution in [3.63, 3.8) is 0 Å². The minimum absolute atomic E-state index is 0.257. The van der Waals surface area contributed by atoms with Crippen LogP contribution in [-0.2, 0) is 0 Å². The molecule has 0 saturated heterocycles. The quantitative estimate of drug-likeness (QED) is 0.937. The molecule has 5 heteroatoms. The minimum Gasteiger partial charge on any atom is -0.494 e. The average Bonchev–Trinajstić information content (AvgIpc) is 3.16. The number of nitrogens with zero attached hydrogens (tertiary/aromatic N) is 2. The van der Waals surface area contributed by atoms with Crippen LogP contribution >= 0.6 is 0 Å². The van der Waals surface area contributed by atoms with E-state index in [9.17, 15) is 9.90 Å². The lowest BCUT2D eigenvalue weighted by molar-refractivity contribution is 0.0695. The molecule has 1 saturated carbocycles. The number of ether oxygens (including phenoxy) is 1. The molecule has 0 unspecified atom stereocenters. The number of benzene rings is 1. The first-order valence-electron chi connectivity index (χ1n) is 7.17. The summed E-state index contributed by atoms with van der Waals surface area (Å²) in [6.07, 6.45) is 5.91. The van der Waals surface area contributed by atoms with Crippen molar-refractivity contribution in [2.24, 2.45) is 0 Å². The van der Waals surface area contributed by atoms with Gasteiger partial charge in [-0.1, -0.05) is 25.0 Å². The van der Waals surface area contributed by atoms with Crippen LogP contribution in [0.25, 0.3) is 5.69 Å². The molecular weight excluding hydrogens is 268 g/mol. The van der Waals surface area contributed by atoms with Crippen molar-refractivity contribution in [3.8, 4) is 11.4 Å². The maximum absolute atomic E-state index is 11.5. The molecule has 110 valence electrons. The highest BCUT2D eigenvalue weighted by atomic mass is 16.5. The van der Waals surface area contributed by atoms with Crippen LogP contribution < -0.4 is 4.74 Å². The SMILES string of the molecule is COc1ccccc1-n1cc(C(=O)O)c(C2CCCC2)n1. The number of methoxy groups -OCH3 is 1. The van der Waals surface area contributed by atoms with E-state index in [0.29, 0.717) is 17.0 Å². The van der Waals surface area contributed by atoms with E-state index in [2.05, 4.69) is 5.10 Å². The summed E-state index contributed by atoms with van der Waals surface area (Å²) < 4.78 is 6.95. The second kappa shape index (κ2) is 5.60. The molecule has 2 aromatic rings. The first kappa shape index (κ1) is 13.7. The molecule has 1 aliphatic carbocycles. The van der Waals surface area contributed by atoms with E-state index in [1.807, 2.05) is 24.3 Å². The third-order valence-corrected chi connectivity index (χ3v) is 4.05. The lowest BCUT2D eigenvalue weighted by Gasteiger charge is -2.08. The topological polar surface area (TPSA) is 64.3 Å². The Kier molecular flexibility index (Phi) is 3.64. The van der Waals surface area contributed by atoms with Gasteiger partial charge in [-0.25, -0.2) is 9.48 Å². The fraction of sp³-hybridized carbons (Fsp3) is 0.375. The van der Waals surface area contributed by atoms with E-state index in [1.165, 1.54) is 0 Å². The maximum Gasteiger partial charge on any atom is 0.339 e. The second-order valence-electron chi connectivity index (χ2n) is 5.33. The van der Waals surface area contributed by atoms with Gasteiger partial charge in [-0.05, 0) is 25.0 Å². The normalized spacial score (nSPS) is 15.3. The second-order valence-corrected chi connectivity index (χ2v) is 5.33. The molecule has 0 radical (unpaired) electrons. The Labute approximate surface area is 123 Å². The highest BCUT2D eigenvalue weighted by Gasteiger charge is 2.26. The maximum atomic E-state index is 11.5. The van der Waals surface area contributed by atoms with E-state index >= 15 is 0 Å². The number of hydrogen-bond donors (Lipinski definition) is 1. The lowest BCUT2D eigenvalue weighted by Crippen LogP contribution is -2.03. The fourth-order valence-electron chi connectivity index (χ4n) is 3.00. The van der Waals surface area contributed by atoms with Gasteiger partial charge < -0.3 is 9.84 Å². The molecule has 21 heavy (non-hydrogen) atoms. The van der Waals surface area contributed by atoms with Gasteiger partial charge in [0.05, 0.1) is 12.8 Å². The van der Waals surface area contributed by atoms with Crippen molar-refractivity contribution in [3.05, 3.63) is 41.7 Å². The van der Waals surface area contributed by atoms with Crippen molar-refractivity contribution < 1.29 is 14.6 Å². The molecule has 1 N–H and O–H groups in total. The van der Waals surface area contributed by atoms with Crippen molar-refractivity contribution in [1.29, 1.82) is 0 Å². The Morgan fingerprint density at radius 2 is 2.05 bits per heavy atom. The molecular formula is C16H18N2O3. The number of hydrogen-bond acceptors (Lipinski definition) is 3. The summed E-state index contributed by atoms with van der Waals surface area (Å²) in [6, 6.07) is 7.47. The van der Waals surface area contributed by atoms with Crippen LogP contribution in [0.4, 0.5) is 0 Å². The number of carbonyl (C=O) groups is 1. The van der Waals surface area contributed by atoms with Crippen LogP contribution in [0.5, 0.6) is 5.75 Å². The minimum atomic E-state index is -0.918. The third-order valence-electron chi connectivity index (χ3n) is 4.05. The van der Waals surface area contributed by atoms with E-state index in [0.717, 1.165) is 31.4 Å². The van der Waals surface area contributed by atoms with Crippen molar-refractivity contribution in [1.82, 2.24) is 9.78 Å². The smallest absolute Gasteiger partial charge is 0.339 e. The van der Waals surface area contributed by atoms with Crippen LogP contribution in [0, 0.1) is 0 Å². The van der Waals surface area contributed by atoms with Crippen molar-refractivity contribution >= 4 is 5.97 Å². The summed E-state index contributed by atoms with van der Waals surface area (Å²) in [7, 11) is 1.60. The first-order valence-corrected chi connectivity index (χ1v) is 7.17. The molecule has 1 heterocycles. The molecule has 5 nitrogen and oxygen atoms in total. The third kappa shape index (κ3) is 2.51. The summed E-state index contributed by atoms with van der Waals surface area (Å²) >= 11 is 0. The predicted octanol–water partition coefficient (Wildman–Crippen LogP) is 3.24. The van der Waals surface area contributed by atoms with Crippen molar-refractivity contribution in [2.75, 3.05) is 7.11 Å². The van der Waals surface area contributed by atoms with Gasteiger partial charge in [0.15, 0.2) is 0 Å². The summed E-state index contributed by atoms with van der Waals surface area (Å²) in [5.74, 6) is 0.0139. The van der Waals surface area contributed by atoms with E-state index in [1.54, 1.807) is 18.0 Å². The molecule has 1 fully saturated rings. The van der Waals surface area contributed by atoms with E-state index in [-0.39, 0.29) is 5.92 Å². The van der Waals surface area contributed by atoms with Crippen LogP contribution in [0.2, 0.25) is 0 Å². The number of rotatable bonds is 4. The van der Waals surface area contributed by atoms with Crippen LogP contribution in [0.1, 0.15) is 47.7 Å². The van der Waals surface area contributed by atoms with Gasteiger partial charge in [-0.3, -0.25) is 0 Å². The molecule has 3 rings (SSSR count). The van der Waals surface area contributed by atoms with Gasteiger partial charge in [0, 0.05) is 12.1 Å². The molecule has 1 aromatic heterocycles. The molecule has 0 amide bonds. The van der Waals surface area contributed by atoms with Crippen LogP contribution in [0.3, 0.4) is 0 Å². The van der Waals surface area contributed by atoms with Gasteiger partial charge in [0.2, 0.25) is 0 Å². The van der Waals surface area contributed by atoms with Gasteiger partial charge in [-0.2, -0.15) is 5.10 Å². The largest absolute Gasteiger partial charge is 0.494 e. The molecule has 1 aliphatic rings. The Balaban J connectivity index is 2.07. The number of para-hydroxylation sites is 2. The number of aromatic carboxylic acids is 1. The van der Waals surface area contributed by atoms with Crippen LogP contribution in [-0.4, -0.2) is 28.0 Å². The van der Waals surface area contributed by atoms with E-state index in [4.69, 9.17) is 4.74 Å². The van der Waals surface area contributed by atoms with Gasteiger partial charge >= 0.3 is 5.97 Å². The number of carboxylic acids is 1. The number of aromatic nitrogens is 2. The van der Waals surface area contributed by atoms with Gasteiger partial charge in [0.1, 0.15) is 17.0 Å². The van der Waals surface area contributed by atoms with Crippen LogP contribution in [0.15, 0.2) is 30.5 Å². The average molecular weight is 286 g/mol. The fourth-order valence-corrected chi connectivity index (χ4v) is 3.00. The Hall–Kier alpha value is -2.30. The highest BCUT2D eigenvalue weighted by Crippen LogP contribution is 2.35. The summed E-state index contributed by atoms with van der Waals surface area (Å²) in [5, 5.41) is 14.0. The molecule has 0 spiro atoms. The van der Waals surface area contributed by atoms with Crippen molar-refractivity contribution in [2.45, 2.75) is 31.6 Å². The zero-order valence-electron chi connectivity index (χ0n) is 12.0. The number of carboxylic acid groups (broad SMARTS) is 1. The highest BCUT2D eigenvalue weighted by molar-refractivity contribution is 5.89. The zero-order chi connectivity index (χ0) is 14.8. The Morgan fingerprint density at radius 1 is 1.33 bits per heavy atom. The molecule has 0 atom stereocenters. The van der Waals surface area contributed by atoms with E-state index < -0.39 is 5.97 Å². The van der Waals surface area contributed by atoms with Gasteiger partial charge in [0.25, 0.3) is 0 Å². The molecule has 0 aliphatic heterocycles. The molecule has 0 bridgehead atoms. The predicted molar refractivity (Wildman–Crippen MR) is 78.3 cm³/mol. The first-order chi connectivity index (χ1) is 10.2. The lowest BCUT2D eigenvalue weighted by atomic mass is 10.0. The summed E-state index contributed by atoms with van der Waals surface area (Å²) in [4.78, 5) is 11.5. The Morgan fingerprint density at radius 3 is 2.71 bits per heavy atom. The zero-order valence-corrected chi connectivity index (χ0v) is 12.0. The molecule has 1 aromatic carbocycles. The standard InChI is InChI=1S/C16H18N2O3/c1-21-14-9-5-4-8-13(14)18-10-12(16(19)20)15(17-18)11-6-2-3-7-11/h4-5,8-11H,2-3,6-7H2,1H3,(H,19,20). The van der Waals surface area contributed by atoms with Gasteiger partial charge in [-0.15, -0.1) is 0 Å². The monoisotopic (exact) mass is 286 g/mol.